The molecule has 2 heterocycles. The molecule has 1 aromatic heterocycles. The second kappa shape index (κ2) is 20.4. The summed E-state index contributed by atoms with van der Waals surface area (Å²) in [5.41, 5.74) is 22.3. The summed E-state index contributed by atoms with van der Waals surface area (Å²) in [4.78, 5) is 80.5. The molecule has 5 rings (SSSR count). The van der Waals surface area contributed by atoms with Gasteiger partial charge in [0, 0.05) is 36.7 Å². The molecule has 0 saturated carbocycles. The number of likely N-dealkylation sites (N-methyl/N-ethyl adjacent to an activating group) is 1. The van der Waals surface area contributed by atoms with Gasteiger partial charge in [0.1, 0.15) is 48.8 Å². The number of carbonyl (C=O) groups excluding carboxylic acids is 5. The fourth-order valence-electron chi connectivity index (χ4n) is 7.50. The van der Waals surface area contributed by atoms with Crippen LogP contribution in [0.3, 0.4) is 0 Å². The Bertz CT molecular complexity index is 2440. The number of benzene rings is 3. The number of anilines is 1. The van der Waals surface area contributed by atoms with Gasteiger partial charge in [-0.3, -0.25) is 24.0 Å². The zero-order chi connectivity index (χ0) is 47.0. The van der Waals surface area contributed by atoms with E-state index in [0.717, 1.165) is 16.0 Å². The van der Waals surface area contributed by atoms with Crippen LogP contribution in [0.1, 0.15) is 78.6 Å². The SMILES string of the molecule is Cc1nc(-c2ccc(C(C)(C)C)cc2)nc(C)c1C(=O)N[C@@H](CCN)C(=O)N(C)[C@@H]1C(=O)N[C@@H](C)C(=O)N[C@H](C(=O)NCC#N)Cc2ccc(O)c(c2)-c2cc1cc(N)c2OCCN. The van der Waals surface area contributed by atoms with Gasteiger partial charge in [-0.05, 0) is 80.1 Å². The number of carbonyl (C=O) groups is 5. The van der Waals surface area contributed by atoms with Crippen molar-refractivity contribution in [1.82, 2.24) is 36.1 Å². The van der Waals surface area contributed by atoms with E-state index in [-0.39, 0.29) is 83.9 Å². The lowest BCUT2D eigenvalue weighted by atomic mass is 9.86. The smallest absolute Gasteiger partial charge is 0.255 e. The number of phenolic OH excluding ortho intramolecular Hbond substituents is 1. The van der Waals surface area contributed by atoms with Gasteiger partial charge in [0.2, 0.25) is 23.6 Å². The molecule has 1 aliphatic heterocycles. The Morgan fingerprint density at radius 3 is 2.27 bits per heavy atom. The Labute approximate surface area is 372 Å². The summed E-state index contributed by atoms with van der Waals surface area (Å²) in [6.45, 7) is 10.9. The number of phenols is 1. The summed E-state index contributed by atoms with van der Waals surface area (Å²) in [6.07, 6.45) is -0.103. The highest BCUT2D eigenvalue weighted by Gasteiger charge is 2.37. The van der Waals surface area contributed by atoms with Gasteiger partial charge in [-0.25, -0.2) is 9.97 Å². The minimum Gasteiger partial charge on any atom is -0.507 e. The van der Waals surface area contributed by atoms with Crippen LogP contribution in [0.4, 0.5) is 5.69 Å². The van der Waals surface area contributed by atoms with E-state index in [4.69, 9.17) is 27.2 Å². The molecular weight excluding hydrogens is 819 g/mol. The average molecular weight is 876 g/mol. The molecule has 4 atom stereocenters. The van der Waals surface area contributed by atoms with E-state index in [9.17, 15) is 29.1 Å². The first kappa shape index (κ1) is 47.9. The monoisotopic (exact) mass is 875 g/mol. The van der Waals surface area contributed by atoms with Crippen LogP contribution in [-0.4, -0.2) is 101 Å². The molecule has 18 nitrogen and oxygen atoms in total. The Hall–Kier alpha value is -7.10. The first-order valence-electron chi connectivity index (χ1n) is 20.9. The van der Waals surface area contributed by atoms with E-state index in [1.807, 2.05) is 30.3 Å². The van der Waals surface area contributed by atoms with Crippen LogP contribution in [0.2, 0.25) is 0 Å². The molecule has 0 unspecified atom stereocenters. The first-order valence-corrected chi connectivity index (χ1v) is 20.9. The zero-order valence-electron chi connectivity index (χ0n) is 37.2. The second-order valence-corrected chi connectivity index (χ2v) is 16.7. The van der Waals surface area contributed by atoms with Gasteiger partial charge in [0.25, 0.3) is 5.91 Å². The van der Waals surface area contributed by atoms with E-state index in [0.29, 0.717) is 22.8 Å². The number of aromatic hydroxyl groups is 1. The van der Waals surface area contributed by atoms with Crippen molar-refractivity contribution in [3.8, 4) is 40.1 Å². The number of ether oxygens (including phenoxy) is 1. The molecule has 3 aromatic carbocycles. The number of nitrogen functional groups attached to an aromatic ring is 1. The highest BCUT2D eigenvalue weighted by atomic mass is 16.5. The number of nitriles is 1. The molecule has 0 saturated heterocycles. The van der Waals surface area contributed by atoms with Crippen LogP contribution < -0.4 is 43.2 Å². The summed E-state index contributed by atoms with van der Waals surface area (Å²) in [5.74, 6) is -3.25. The topological polar surface area (TPSA) is 294 Å². The Morgan fingerprint density at radius 1 is 0.984 bits per heavy atom. The predicted molar refractivity (Wildman–Crippen MR) is 240 cm³/mol. The number of nitrogens with two attached hydrogens (primary N) is 3. The largest absolute Gasteiger partial charge is 0.507 e. The van der Waals surface area contributed by atoms with Crippen molar-refractivity contribution < 1.29 is 33.8 Å². The minimum absolute atomic E-state index is 0.0282. The van der Waals surface area contributed by atoms with E-state index in [1.54, 1.807) is 26.0 Å². The molecule has 0 fully saturated rings. The third-order valence-electron chi connectivity index (χ3n) is 10.9. The summed E-state index contributed by atoms with van der Waals surface area (Å²) < 4.78 is 5.98. The van der Waals surface area contributed by atoms with Crippen molar-refractivity contribution in [2.75, 3.05) is 39.0 Å². The minimum atomic E-state index is -1.51. The van der Waals surface area contributed by atoms with Gasteiger partial charge in [-0.2, -0.15) is 5.26 Å². The van der Waals surface area contributed by atoms with Gasteiger partial charge >= 0.3 is 0 Å². The lowest BCUT2D eigenvalue weighted by Crippen LogP contribution is -2.56. The number of aromatic nitrogens is 2. The van der Waals surface area contributed by atoms with Gasteiger partial charge in [0.15, 0.2) is 5.82 Å². The first-order chi connectivity index (χ1) is 30.3. The maximum absolute atomic E-state index is 14.7. The van der Waals surface area contributed by atoms with Crippen LogP contribution in [0.15, 0.2) is 54.6 Å². The third-order valence-corrected chi connectivity index (χ3v) is 10.9. The molecule has 0 spiro atoms. The van der Waals surface area contributed by atoms with Gasteiger partial charge in [-0.1, -0.05) is 51.1 Å². The maximum Gasteiger partial charge on any atom is 0.255 e. The molecule has 338 valence electrons. The van der Waals surface area contributed by atoms with Crippen molar-refractivity contribution in [3.63, 3.8) is 0 Å². The molecule has 18 heteroatoms. The second-order valence-electron chi connectivity index (χ2n) is 16.7. The molecular formula is C46H57N11O7. The van der Waals surface area contributed by atoms with Crippen molar-refractivity contribution in [2.45, 2.75) is 84.0 Å². The third kappa shape index (κ3) is 10.9. The Balaban J connectivity index is 1.56. The number of hydrogen-bond acceptors (Lipinski definition) is 13. The number of aryl methyl sites for hydroxylation is 2. The maximum atomic E-state index is 14.7. The molecule has 0 radical (unpaired) electrons. The van der Waals surface area contributed by atoms with E-state index in [2.05, 4.69) is 52.0 Å². The number of hydrogen-bond donors (Lipinski definition) is 8. The zero-order valence-corrected chi connectivity index (χ0v) is 37.2. The van der Waals surface area contributed by atoms with Gasteiger partial charge in [0.05, 0.1) is 28.7 Å². The molecule has 64 heavy (non-hydrogen) atoms. The molecule has 4 aromatic rings. The predicted octanol–water partition coefficient (Wildman–Crippen LogP) is 2.18. The number of rotatable bonds is 12. The molecule has 1 aliphatic rings. The number of fused-ring (bicyclic) bond motifs is 5. The van der Waals surface area contributed by atoms with Crippen LogP contribution in [-0.2, 0) is 31.0 Å². The number of nitrogens with one attached hydrogen (secondary N) is 4. The molecule has 0 aliphatic carbocycles. The highest BCUT2D eigenvalue weighted by molar-refractivity contribution is 6.01. The Kier molecular flexibility index (Phi) is 15.3. The summed E-state index contributed by atoms with van der Waals surface area (Å²) in [6, 6.07) is 12.0. The van der Waals surface area contributed by atoms with Crippen LogP contribution in [0, 0.1) is 25.2 Å². The molecule has 11 N–H and O–H groups in total. The summed E-state index contributed by atoms with van der Waals surface area (Å²) in [7, 11) is 1.36. The standard InChI is InChI=1S/C46H57N11O7/c1-24-37(25(2)53-40(52-24)28-9-11-30(12-10-28)46(4,5)6)43(61)55-34(14-15-47)45(63)57(7)38-29-22-32(39(33(50)23-29)64-19-17-49)31-20-27(8-13-36(31)58)21-35(42(60)51-18-16-48)56-41(59)26(3)54-44(38)62/h8-13,20,22-23,26,34-35,38,58H,14-15,17-19,21,47,49-50H2,1-7H3,(H,51,60)(H,54,62)(H,55,61)(H,56,59)/t26-,34-,35-,38-/m0/s1. The Morgan fingerprint density at radius 2 is 1.66 bits per heavy atom. The normalized spacial score (nSPS) is 16.8. The van der Waals surface area contributed by atoms with Crippen molar-refractivity contribution in [3.05, 3.63) is 88.2 Å². The van der Waals surface area contributed by atoms with Crippen LogP contribution in [0.25, 0.3) is 22.5 Å². The summed E-state index contributed by atoms with van der Waals surface area (Å²) in [5, 5.41) is 30.9. The van der Waals surface area contributed by atoms with E-state index >= 15 is 0 Å². The lowest BCUT2D eigenvalue weighted by Gasteiger charge is -2.33. The van der Waals surface area contributed by atoms with Crippen LogP contribution >= 0.6 is 0 Å². The van der Waals surface area contributed by atoms with E-state index in [1.165, 1.54) is 32.2 Å². The van der Waals surface area contributed by atoms with Gasteiger partial charge < -0.3 is 53.2 Å². The lowest BCUT2D eigenvalue weighted by molar-refractivity contribution is -0.141. The van der Waals surface area contributed by atoms with Crippen molar-refractivity contribution >= 4 is 35.2 Å². The van der Waals surface area contributed by atoms with Crippen LogP contribution in [0.5, 0.6) is 11.5 Å². The number of nitrogens with zero attached hydrogens (tertiary/aromatic N) is 4. The van der Waals surface area contributed by atoms with Gasteiger partial charge in [-0.15, -0.1) is 0 Å². The quantitative estimate of drug-likeness (QED) is 0.0749. The fraction of sp³-hybridized carbons (Fsp3) is 0.391. The van der Waals surface area contributed by atoms with Crippen molar-refractivity contribution in [2.24, 2.45) is 11.5 Å². The fourth-order valence-corrected chi connectivity index (χ4v) is 7.50. The van der Waals surface area contributed by atoms with Crippen molar-refractivity contribution in [1.29, 1.82) is 5.26 Å². The average Bonchev–Trinajstić information content (AvgIpc) is 3.24. The summed E-state index contributed by atoms with van der Waals surface area (Å²) >= 11 is 0. The molecule has 4 bridgehead atoms. The highest BCUT2D eigenvalue weighted by Crippen LogP contribution is 2.43. The number of amides is 5. The molecule has 5 amide bonds. The van der Waals surface area contributed by atoms with E-state index < -0.39 is 53.7 Å².